The molecule has 0 spiro atoms. The van der Waals surface area contributed by atoms with Crippen LogP contribution in [-0.2, 0) is 0 Å². The van der Waals surface area contributed by atoms with Crippen molar-refractivity contribution >= 4 is 0 Å². The standard InChI is InChI=1S/C11H22N2/c1-9-5-7-13(8-6-9)11-4-2-3-10(11)12/h9-11H,2-8,12H2,1H3/t10-,11+/m1/s1. The van der Waals surface area contributed by atoms with Crippen molar-refractivity contribution < 1.29 is 0 Å². The summed E-state index contributed by atoms with van der Waals surface area (Å²) >= 11 is 0. The van der Waals surface area contributed by atoms with Crippen LogP contribution in [0.4, 0.5) is 0 Å². The van der Waals surface area contributed by atoms with Gasteiger partial charge in [-0.2, -0.15) is 0 Å². The van der Waals surface area contributed by atoms with Gasteiger partial charge in [-0.15, -0.1) is 0 Å². The maximum atomic E-state index is 6.10. The van der Waals surface area contributed by atoms with E-state index in [4.69, 9.17) is 5.73 Å². The SMILES string of the molecule is CC1CCN([C@H]2CCC[C@H]2N)CC1. The number of nitrogens with zero attached hydrogens (tertiary/aromatic N) is 1. The molecule has 0 aromatic heterocycles. The number of nitrogens with two attached hydrogens (primary N) is 1. The van der Waals surface area contributed by atoms with Gasteiger partial charge >= 0.3 is 0 Å². The molecule has 0 aromatic rings. The number of hydrogen-bond acceptors (Lipinski definition) is 2. The molecule has 2 aliphatic rings. The summed E-state index contributed by atoms with van der Waals surface area (Å²) in [6.45, 7) is 4.95. The largest absolute Gasteiger partial charge is 0.326 e. The van der Waals surface area contributed by atoms with Crippen molar-refractivity contribution in [2.75, 3.05) is 13.1 Å². The van der Waals surface area contributed by atoms with Crippen molar-refractivity contribution in [3.05, 3.63) is 0 Å². The summed E-state index contributed by atoms with van der Waals surface area (Å²) in [5.74, 6) is 0.939. The summed E-state index contributed by atoms with van der Waals surface area (Å²) in [4.78, 5) is 2.64. The fraction of sp³-hybridized carbons (Fsp3) is 1.00. The summed E-state index contributed by atoms with van der Waals surface area (Å²) in [6, 6.07) is 1.18. The molecule has 2 N–H and O–H groups in total. The molecular weight excluding hydrogens is 160 g/mol. The van der Waals surface area contributed by atoms with Crippen molar-refractivity contribution in [1.29, 1.82) is 0 Å². The van der Waals surface area contributed by atoms with E-state index in [1.165, 1.54) is 45.2 Å². The van der Waals surface area contributed by atoms with E-state index in [1.807, 2.05) is 0 Å². The maximum Gasteiger partial charge on any atom is 0.0247 e. The van der Waals surface area contributed by atoms with Crippen molar-refractivity contribution in [3.8, 4) is 0 Å². The van der Waals surface area contributed by atoms with Gasteiger partial charge in [0, 0.05) is 12.1 Å². The number of piperidine rings is 1. The molecule has 13 heavy (non-hydrogen) atoms. The van der Waals surface area contributed by atoms with Gasteiger partial charge in [0.05, 0.1) is 0 Å². The second-order valence-corrected chi connectivity index (χ2v) is 4.88. The molecule has 2 nitrogen and oxygen atoms in total. The lowest BCUT2D eigenvalue weighted by Gasteiger charge is -2.36. The molecule has 2 fully saturated rings. The van der Waals surface area contributed by atoms with Gasteiger partial charge in [-0.25, -0.2) is 0 Å². The van der Waals surface area contributed by atoms with Gasteiger partial charge in [0.2, 0.25) is 0 Å². The molecule has 0 radical (unpaired) electrons. The highest BCUT2D eigenvalue weighted by Crippen LogP contribution is 2.26. The van der Waals surface area contributed by atoms with Gasteiger partial charge in [-0.3, -0.25) is 4.90 Å². The summed E-state index contributed by atoms with van der Waals surface area (Å²) in [5.41, 5.74) is 6.10. The van der Waals surface area contributed by atoms with Crippen molar-refractivity contribution in [2.45, 2.75) is 51.1 Å². The third-order valence-corrected chi connectivity index (χ3v) is 3.82. The zero-order chi connectivity index (χ0) is 9.26. The highest BCUT2D eigenvalue weighted by atomic mass is 15.2. The highest BCUT2D eigenvalue weighted by molar-refractivity contribution is 4.89. The highest BCUT2D eigenvalue weighted by Gasteiger charge is 2.30. The molecule has 2 atom stereocenters. The zero-order valence-corrected chi connectivity index (χ0v) is 8.71. The lowest BCUT2D eigenvalue weighted by molar-refractivity contribution is 0.131. The Labute approximate surface area is 81.5 Å². The molecule has 0 bridgehead atoms. The van der Waals surface area contributed by atoms with E-state index in [1.54, 1.807) is 0 Å². The second kappa shape index (κ2) is 3.97. The maximum absolute atomic E-state index is 6.10. The van der Waals surface area contributed by atoms with E-state index in [0.29, 0.717) is 12.1 Å². The van der Waals surface area contributed by atoms with Gasteiger partial charge in [0.1, 0.15) is 0 Å². The fourth-order valence-corrected chi connectivity index (χ4v) is 2.78. The topological polar surface area (TPSA) is 29.3 Å². The molecule has 76 valence electrons. The van der Waals surface area contributed by atoms with Crippen LogP contribution in [-0.4, -0.2) is 30.1 Å². The predicted molar refractivity (Wildman–Crippen MR) is 55.6 cm³/mol. The molecule has 1 aliphatic heterocycles. The van der Waals surface area contributed by atoms with Gasteiger partial charge in [-0.1, -0.05) is 13.3 Å². The average Bonchev–Trinajstić information content (AvgIpc) is 2.53. The molecule has 0 amide bonds. The monoisotopic (exact) mass is 182 g/mol. The van der Waals surface area contributed by atoms with Crippen LogP contribution >= 0.6 is 0 Å². The Kier molecular flexibility index (Phi) is 2.89. The molecule has 1 saturated heterocycles. The Morgan fingerprint density at radius 2 is 1.77 bits per heavy atom. The summed E-state index contributed by atoms with van der Waals surface area (Å²) in [6.07, 6.45) is 6.69. The lowest BCUT2D eigenvalue weighted by Crippen LogP contribution is -2.47. The van der Waals surface area contributed by atoms with Crippen LogP contribution in [0.1, 0.15) is 39.0 Å². The van der Waals surface area contributed by atoms with Gasteiger partial charge in [-0.05, 0) is 44.7 Å². The first-order chi connectivity index (χ1) is 6.27. The van der Waals surface area contributed by atoms with E-state index < -0.39 is 0 Å². The van der Waals surface area contributed by atoms with Crippen LogP contribution in [0.2, 0.25) is 0 Å². The smallest absolute Gasteiger partial charge is 0.0247 e. The Morgan fingerprint density at radius 1 is 1.08 bits per heavy atom. The van der Waals surface area contributed by atoms with Crippen LogP contribution in [0.15, 0.2) is 0 Å². The van der Waals surface area contributed by atoms with Gasteiger partial charge in [0.15, 0.2) is 0 Å². The predicted octanol–water partition coefficient (Wildman–Crippen LogP) is 1.60. The van der Waals surface area contributed by atoms with E-state index >= 15 is 0 Å². The third kappa shape index (κ3) is 2.05. The first-order valence-corrected chi connectivity index (χ1v) is 5.77. The van der Waals surface area contributed by atoms with Crippen molar-refractivity contribution in [1.82, 2.24) is 4.90 Å². The fourth-order valence-electron chi connectivity index (χ4n) is 2.78. The summed E-state index contributed by atoms with van der Waals surface area (Å²) in [5, 5.41) is 0. The van der Waals surface area contributed by atoms with Crippen LogP contribution in [0, 0.1) is 5.92 Å². The van der Waals surface area contributed by atoms with E-state index in [2.05, 4.69) is 11.8 Å². The number of likely N-dealkylation sites (tertiary alicyclic amines) is 1. The Balaban J connectivity index is 1.86. The molecule has 1 heterocycles. The number of hydrogen-bond donors (Lipinski definition) is 1. The lowest BCUT2D eigenvalue weighted by atomic mass is 9.97. The second-order valence-electron chi connectivity index (χ2n) is 4.88. The summed E-state index contributed by atoms with van der Waals surface area (Å²) < 4.78 is 0. The molecule has 2 rings (SSSR count). The van der Waals surface area contributed by atoms with E-state index in [0.717, 1.165) is 5.92 Å². The van der Waals surface area contributed by atoms with Crippen molar-refractivity contribution in [3.63, 3.8) is 0 Å². The number of rotatable bonds is 1. The van der Waals surface area contributed by atoms with Gasteiger partial charge in [0.25, 0.3) is 0 Å². The minimum Gasteiger partial charge on any atom is -0.326 e. The first kappa shape index (κ1) is 9.47. The van der Waals surface area contributed by atoms with Crippen LogP contribution < -0.4 is 5.73 Å². The minimum absolute atomic E-state index is 0.466. The molecule has 0 unspecified atom stereocenters. The average molecular weight is 182 g/mol. The Morgan fingerprint density at radius 3 is 2.31 bits per heavy atom. The van der Waals surface area contributed by atoms with Crippen LogP contribution in [0.3, 0.4) is 0 Å². The summed E-state index contributed by atoms with van der Waals surface area (Å²) in [7, 11) is 0. The van der Waals surface area contributed by atoms with Crippen molar-refractivity contribution in [2.24, 2.45) is 11.7 Å². The molecular formula is C11H22N2. The normalized spacial score (nSPS) is 38.3. The van der Waals surface area contributed by atoms with Crippen LogP contribution in [0.5, 0.6) is 0 Å². The van der Waals surface area contributed by atoms with E-state index in [-0.39, 0.29) is 0 Å². The van der Waals surface area contributed by atoms with Crippen LogP contribution in [0.25, 0.3) is 0 Å². The molecule has 1 saturated carbocycles. The Hall–Kier alpha value is -0.0800. The first-order valence-electron chi connectivity index (χ1n) is 5.77. The van der Waals surface area contributed by atoms with E-state index in [9.17, 15) is 0 Å². The third-order valence-electron chi connectivity index (χ3n) is 3.82. The van der Waals surface area contributed by atoms with Gasteiger partial charge < -0.3 is 5.73 Å². The molecule has 0 aromatic carbocycles. The zero-order valence-electron chi connectivity index (χ0n) is 8.71. The minimum atomic E-state index is 0.466. The molecule has 1 aliphatic carbocycles. The Bertz CT molecular complexity index is 161. The molecule has 2 heteroatoms. The quantitative estimate of drug-likeness (QED) is 0.667.